The predicted octanol–water partition coefficient (Wildman–Crippen LogP) is 2.39. The third-order valence-corrected chi connectivity index (χ3v) is 5.21. The standard InChI is InChI=1S/C14H26N2/c1-10-6-14(7-10)16-12-4-3-5-13(16)9-11(8-12)15-2/h10-15H,3-9H2,1-2H3. The summed E-state index contributed by atoms with van der Waals surface area (Å²) in [5.74, 6) is 0.993. The Labute approximate surface area is 99.8 Å². The smallest absolute Gasteiger partial charge is 0.0116 e. The van der Waals surface area contributed by atoms with Crippen molar-refractivity contribution < 1.29 is 0 Å². The Bertz CT molecular complexity index is 233. The zero-order valence-corrected chi connectivity index (χ0v) is 10.8. The molecule has 2 heterocycles. The van der Waals surface area contributed by atoms with Crippen LogP contribution in [0.25, 0.3) is 0 Å². The zero-order chi connectivity index (χ0) is 11.1. The van der Waals surface area contributed by atoms with Crippen molar-refractivity contribution in [2.75, 3.05) is 7.05 Å². The first-order chi connectivity index (χ1) is 7.78. The maximum Gasteiger partial charge on any atom is 0.0116 e. The fourth-order valence-corrected chi connectivity index (χ4v) is 4.35. The summed E-state index contributed by atoms with van der Waals surface area (Å²) in [5, 5.41) is 3.51. The first kappa shape index (κ1) is 11.0. The van der Waals surface area contributed by atoms with Gasteiger partial charge in [0.1, 0.15) is 0 Å². The van der Waals surface area contributed by atoms with Crippen LogP contribution in [0.3, 0.4) is 0 Å². The van der Waals surface area contributed by atoms with Crippen LogP contribution in [-0.2, 0) is 0 Å². The van der Waals surface area contributed by atoms with Gasteiger partial charge in [0, 0.05) is 24.2 Å². The number of hydrogen-bond donors (Lipinski definition) is 1. The molecule has 92 valence electrons. The van der Waals surface area contributed by atoms with Gasteiger partial charge in [0.25, 0.3) is 0 Å². The highest BCUT2D eigenvalue weighted by molar-refractivity contribution is 5.00. The van der Waals surface area contributed by atoms with Crippen molar-refractivity contribution in [2.45, 2.75) is 76.0 Å². The Balaban J connectivity index is 1.69. The molecule has 3 aliphatic rings. The highest BCUT2D eigenvalue weighted by Gasteiger charge is 2.44. The monoisotopic (exact) mass is 222 g/mol. The molecular formula is C14H26N2. The third-order valence-electron chi connectivity index (χ3n) is 5.21. The molecule has 2 nitrogen and oxygen atoms in total. The van der Waals surface area contributed by atoms with Gasteiger partial charge < -0.3 is 5.32 Å². The van der Waals surface area contributed by atoms with Crippen LogP contribution in [0.2, 0.25) is 0 Å². The first-order valence-corrected chi connectivity index (χ1v) is 7.22. The van der Waals surface area contributed by atoms with E-state index in [0.717, 1.165) is 30.1 Å². The number of fused-ring (bicyclic) bond motifs is 2. The van der Waals surface area contributed by atoms with Gasteiger partial charge in [-0.2, -0.15) is 0 Å². The van der Waals surface area contributed by atoms with E-state index in [2.05, 4.69) is 24.2 Å². The topological polar surface area (TPSA) is 15.3 Å². The van der Waals surface area contributed by atoms with E-state index in [9.17, 15) is 0 Å². The fraction of sp³-hybridized carbons (Fsp3) is 1.00. The number of nitrogens with zero attached hydrogens (tertiary/aromatic N) is 1. The molecule has 2 heteroatoms. The second kappa shape index (κ2) is 4.30. The van der Waals surface area contributed by atoms with Crippen LogP contribution in [0.1, 0.15) is 51.9 Å². The van der Waals surface area contributed by atoms with E-state index >= 15 is 0 Å². The summed E-state index contributed by atoms with van der Waals surface area (Å²) in [6.45, 7) is 2.41. The highest BCUT2D eigenvalue weighted by atomic mass is 15.2. The summed E-state index contributed by atoms with van der Waals surface area (Å²) in [6.07, 6.45) is 10.1. The lowest BCUT2D eigenvalue weighted by molar-refractivity contribution is -0.0497. The lowest BCUT2D eigenvalue weighted by Crippen LogP contribution is -2.61. The molecule has 1 N–H and O–H groups in total. The molecule has 16 heavy (non-hydrogen) atoms. The van der Waals surface area contributed by atoms with E-state index in [1.807, 2.05) is 0 Å². The van der Waals surface area contributed by atoms with Crippen LogP contribution < -0.4 is 5.32 Å². The van der Waals surface area contributed by atoms with E-state index in [4.69, 9.17) is 0 Å². The normalized spacial score (nSPS) is 48.8. The summed E-state index contributed by atoms with van der Waals surface area (Å²) in [4.78, 5) is 2.93. The van der Waals surface area contributed by atoms with Crippen LogP contribution in [0.4, 0.5) is 0 Å². The van der Waals surface area contributed by atoms with Gasteiger partial charge in [-0.05, 0) is 51.5 Å². The highest BCUT2D eigenvalue weighted by Crippen LogP contribution is 2.42. The van der Waals surface area contributed by atoms with Crippen molar-refractivity contribution in [3.05, 3.63) is 0 Å². The van der Waals surface area contributed by atoms with Crippen LogP contribution in [-0.4, -0.2) is 36.1 Å². The number of piperidine rings is 2. The second-order valence-corrected chi connectivity index (χ2v) is 6.37. The van der Waals surface area contributed by atoms with Gasteiger partial charge in [-0.1, -0.05) is 13.3 Å². The van der Waals surface area contributed by atoms with Gasteiger partial charge >= 0.3 is 0 Å². The number of nitrogens with one attached hydrogen (secondary N) is 1. The van der Waals surface area contributed by atoms with E-state index in [1.54, 1.807) is 0 Å². The van der Waals surface area contributed by atoms with Crippen LogP contribution >= 0.6 is 0 Å². The largest absolute Gasteiger partial charge is 0.317 e. The van der Waals surface area contributed by atoms with E-state index in [1.165, 1.54) is 44.9 Å². The molecule has 0 aromatic carbocycles. The van der Waals surface area contributed by atoms with Gasteiger partial charge in [-0.15, -0.1) is 0 Å². The fourth-order valence-electron chi connectivity index (χ4n) is 4.35. The molecule has 0 radical (unpaired) electrons. The summed E-state index contributed by atoms with van der Waals surface area (Å²) in [7, 11) is 2.14. The molecule has 2 aliphatic heterocycles. The summed E-state index contributed by atoms with van der Waals surface area (Å²) in [6, 6.07) is 3.55. The lowest BCUT2D eigenvalue weighted by Gasteiger charge is -2.56. The Morgan fingerprint density at radius 1 is 0.938 bits per heavy atom. The minimum atomic E-state index is 0.795. The quantitative estimate of drug-likeness (QED) is 0.772. The van der Waals surface area contributed by atoms with E-state index in [0.29, 0.717) is 0 Å². The average molecular weight is 222 g/mol. The molecule has 0 spiro atoms. The minimum absolute atomic E-state index is 0.795. The summed E-state index contributed by atoms with van der Waals surface area (Å²) < 4.78 is 0. The number of rotatable bonds is 2. The molecule has 2 saturated heterocycles. The third kappa shape index (κ3) is 1.80. The Hall–Kier alpha value is -0.0800. The van der Waals surface area contributed by atoms with E-state index in [-0.39, 0.29) is 0 Å². The number of hydrogen-bond acceptors (Lipinski definition) is 2. The zero-order valence-electron chi connectivity index (χ0n) is 10.8. The minimum Gasteiger partial charge on any atom is -0.317 e. The van der Waals surface area contributed by atoms with Gasteiger partial charge in [0.05, 0.1) is 0 Å². The average Bonchev–Trinajstić information content (AvgIpc) is 2.23. The molecule has 2 atom stereocenters. The maximum atomic E-state index is 3.51. The molecule has 0 aromatic heterocycles. The lowest BCUT2D eigenvalue weighted by atomic mass is 9.74. The van der Waals surface area contributed by atoms with Crippen molar-refractivity contribution in [2.24, 2.45) is 5.92 Å². The summed E-state index contributed by atoms with van der Waals surface area (Å²) >= 11 is 0. The van der Waals surface area contributed by atoms with Crippen molar-refractivity contribution in [1.82, 2.24) is 10.2 Å². The SMILES string of the molecule is CNC1CC2CCCC(C1)N2C1CC(C)C1. The van der Waals surface area contributed by atoms with Gasteiger partial charge in [0.2, 0.25) is 0 Å². The molecule has 3 rings (SSSR count). The van der Waals surface area contributed by atoms with Crippen molar-refractivity contribution >= 4 is 0 Å². The van der Waals surface area contributed by atoms with Crippen LogP contribution in [0.5, 0.6) is 0 Å². The Morgan fingerprint density at radius 2 is 1.56 bits per heavy atom. The van der Waals surface area contributed by atoms with Crippen LogP contribution in [0.15, 0.2) is 0 Å². The van der Waals surface area contributed by atoms with Gasteiger partial charge in [-0.3, -0.25) is 4.90 Å². The molecule has 2 unspecified atom stereocenters. The molecular weight excluding hydrogens is 196 g/mol. The van der Waals surface area contributed by atoms with Crippen molar-refractivity contribution in [3.8, 4) is 0 Å². The molecule has 2 bridgehead atoms. The molecule has 1 saturated carbocycles. The first-order valence-electron chi connectivity index (χ1n) is 7.22. The molecule has 3 fully saturated rings. The Kier molecular flexibility index (Phi) is 2.97. The predicted molar refractivity (Wildman–Crippen MR) is 67.5 cm³/mol. The molecule has 1 aliphatic carbocycles. The Morgan fingerprint density at radius 3 is 2.06 bits per heavy atom. The van der Waals surface area contributed by atoms with Crippen molar-refractivity contribution in [1.29, 1.82) is 0 Å². The van der Waals surface area contributed by atoms with Gasteiger partial charge in [0.15, 0.2) is 0 Å². The molecule has 0 amide bonds. The summed E-state index contributed by atoms with van der Waals surface area (Å²) in [5.41, 5.74) is 0. The van der Waals surface area contributed by atoms with Crippen LogP contribution in [0, 0.1) is 5.92 Å². The van der Waals surface area contributed by atoms with Gasteiger partial charge in [-0.25, -0.2) is 0 Å². The second-order valence-electron chi connectivity index (χ2n) is 6.37. The van der Waals surface area contributed by atoms with E-state index < -0.39 is 0 Å². The maximum absolute atomic E-state index is 3.51. The van der Waals surface area contributed by atoms with Crippen molar-refractivity contribution in [3.63, 3.8) is 0 Å². The molecule has 0 aromatic rings.